The van der Waals surface area contributed by atoms with E-state index < -0.39 is 4.92 Å². The number of aliphatic hydroxyl groups is 1. The Morgan fingerprint density at radius 1 is 1.44 bits per heavy atom. The van der Waals surface area contributed by atoms with E-state index in [-0.39, 0.29) is 12.3 Å². The third-order valence-corrected chi connectivity index (χ3v) is 3.55. The Kier molecular flexibility index (Phi) is 6.85. The molecular formula is C11H15ClN2O3S. The zero-order valence-corrected chi connectivity index (χ0v) is 11.3. The SMILES string of the molecule is O=[N+]([O-])c1ccc(NCCSCCCO)c(Cl)c1. The number of rotatable bonds is 8. The first-order chi connectivity index (χ1) is 8.65. The van der Waals surface area contributed by atoms with E-state index in [0.29, 0.717) is 10.7 Å². The number of halogens is 1. The van der Waals surface area contributed by atoms with E-state index in [4.69, 9.17) is 16.7 Å². The minimum absolute atomic E-state index is 0.0112. The minimum atomic E-state index is -0.472. The fourth-order valence-corrected chi connectivity index (χ4v) is 2.31. The Balaban J connectivity index is 2.36. The van der Waals surface area contributed by atoms with Gasteiger partial charge in [-0.3, -0.25) is 10.1 Å². The smallest absolute Gasteiger partial charge is 0.271 e. The average Bonchev–Trinajstić information content (AvgIpc) is 2.35. The molecular weight excluding hydrogens is 276 g/mol. The van der Waals surface area contributed by atoms with Crippen LogP contribution in [0.1, 0.15) is 6.42 Å². The van der Waals surface area contributed by atoms with E-state index in [0.717, 1.165) is 24.5 Å². The number of benzene rings is 1. The molecule has 5 nitrogen and oxygen atoms in total. The number of non-ortho nitro benzene ring substituents is 1. The Labute approximate surface area is 115 Å². The molecule has 0 saturated heterocycles. The van der Waals surface area contributed by atoms with Crippen LogP contribution in [0, 0.1) is 10.1 Å². The van der Waals surface area contributed by atoms with Crippen LogP contribution in [0.5, 0.6) is 0 Å². The van der Waals surface area contributed by atoms with Crippen LogP contribution in [0.15, 0.2) is 18.2 Å². The molecule has 0 aliphatic rings. The summed E-state index contributed by atoms with van der Waals surface area (Å²) in [7, 11) is 0. The van der Waals surface area contributed by atoms with Gasteiger partial charge in [0.2, 0.25) is 0 Å². The first-order valence-corrected chi connectivity index (χ1v) is 7.05. The molecule has 7 heteroatoms. The van der Waals surface area contributed by atoms with Gasteiger partial charge in [0.15, 0.2) is 0 Å². The van der Waals surface area contributed by atoms with Crippen LogP contribution >= 0.6 is 23.4 Å². The summed E-state index contributed by atoms with van der Waals surface area (Å²) in [5.74, 6) is 1.82. The van der Waals surface area contributed by atoms with Crippen LogP contribution in [0.25, 0.3) is 0 Å². The van der Waals surface area contributed by atoms with Gasteiger partial charge in [0.05, 0.1) is 15.6 Å². The highest BCUT2D eigenvalue weighted by Gasteiger charge is 2.08. The number of nitro groups is 1. The normalized spacial score (nSPS) is 10.3. The van der Waals surface area contributed by atoms with Crippen molar-refractivity contribution in [2.45, 2.75) is 6.42 Å². The molecule has 2 N–H and O–H groups in total. The Morgan fingerprint density at radius 2 is 2.22 bits per heavy atom. The molecule has 18 heavy (non-hydrogen) atoms. The standard InChI is InChI=1S/C11H15ClN2O3S/c12-10-8-9(14(16)17)2-3-11(10)13-4-7-18-6-1-5-15/h2-3,8,13,15H,1,4-7H2. The summed E-state index contributed by atoms with van der Waals surface area (Å²) in [5, 5.41) is 22.6. The monoisotopic (exact) mass is 290 g/mol. The molecule has 0 aliphatic heterocycles. The van der Waals surface area contributed by atoms with Gasteiger partial charge in [-0.05, 0) is 18.2 Å². The van der Waals surface area contributed by atoms with Gasteiger partial charge in [-0.25, -0.2) is 0 Å². The number of nitrogens with one attached hydrogen (secondary N) is 1. The molecule has 0 atom stereocenters. The zero-order chi connectivity index (χ0) is 13.4. The van der Waals surface area contributed by atoms with Gasteiger partial charge in [-0.15, -0.1) is 0 Å². The van der Waals surface area contributed by atoms with E-state index >= 15 is 0 Å². The summed E-state index contributed by atoms with van der Waals surface area (Å²) < 4.78 is 0. The van der Waals surface area contributed by atoms with Crippen LogP contribution in [-0.4, -0.2) is 34.7 Å². The lowest BCUT2D eigenvalue weighted by Gasteiger charge is -2.07. The van der Waals surface area contributed by atoms with Crippen LogP contribution in [0.4, 0.5) is 11.4 Å². The van der Waals surface area contributed by atoms with E-state index in [9.17, 15) is 10.1 Å². The van der Waals surface area contributed by atoms with E-state index in [1.54, 1.807) is 17.8 Å². The molecule has 0 saturated carbocycles. The molecule has 0 bridgehead atoms. The van der Waals surface area contributed by atoms with Crippen LogP contribution < -0.4 is 5.32 Å². The van der Waals surface area contributed by atoms with Crippen molar-refractivity contribution in [3.63, 3.8) is 0 Å². The average molecular weight is 291 g/mol. The molecule has 100 valence electrons. The molecule has 0 fully saturated rings. The number of anilines is 1. The van der Waals surface area contributed by atoms with E-state index in [1.807, 2.05) is 0 Å². The molecule has 0 spiro atoms. The lowest BCUT2D eigenvalue weighted by atomic mass is 10.3. The highest BCUT2D eigenvalue weighted by molar-refractivity contribution is 7.99. The van der Waals surface area contributed by atoms with Crippen molar-refractivity contribution in [1.29, 1.82) is 0 Å². The Morgan fingerprint density at radius 3 is 2.83 bits per heavy atom. The number of hydrogen-bond acceptors (Lipinski definition) is 5. The summed E-state index contributed by atoms with van der Waals surface area (Å²) in [4.78, 5) is 10.1. The predicted molar refractivity (Wildman–Crippen MR) is 75.6 cm³/mol. The molecule has 1 aromatic rings. The summed E-state index contributed by atoms with van der Waals surface area (Å²) in [6.07, 6.45) is 0.795. The molecule has 0 amide bonds. The maximum absolute atomic E-state index is 10.5. The van der Waals surface area contributed by atoms with Crippen molar-refractivity contribution in [1.82, 2.24) is 0 Å². The number of aliphatic hydroxyl groups excluding tert-OH is 1. The molecule has 0 heterocycles. The van der Waals surface area contributed by atoms with Crippen LogP contribution in [0.2, 0.25) is 5.02 Å². The van der Waals surface area contributed by atoms with Gasteiger partial charge < -0.3 is 10.4 Å². The summed E-state index contributed by atoms with van der Waals surface area (Å²) in [6.45, 7) is 0.947. The van der Waals surface area contributed by atoms with Crippen molar-refractivity contribution in [3.05, 3.63) is 33.3 Å². The highest BCUT2D eigenvalue weighted by atomic mass is 35.5. The minimum Gasteiger partial charge on any atom is -0.396 e. The number of nitrogens with zero attached hydrogens (tertiary/aromatic N) is 1. The fraction of sp³-hybridized carbons (Fsp3) is 0.455. The van der Waals surface area contributed by atoms with Gasteiger partial charge >= 0.3 is 0 Å². The highest BCUT2D eigenvalue weighted by Crippen LogP contribution is 2.26. The van der Waals surface area contributed by atoms with E-state index in [2.05, 4.69) is 5.32 Å². The molecule has 1 aromatic carbocycles. The van der Waals surface area contributed by atoms with Gasteiger partial charge in [-0.1, -0.05) is 11.6 Å². The summed E-state index contributed by atoms with van der Waals surface area (Å²) >= 11 is 7.67. The van der Waals surface area contributed by atoms with Gasteiger partial charge in [0.25, 0.3) is 5.69 Å². The van der Waals surface area contributed by atoms with Crippen molar-refractivity contribution in [3.8, 4) is 0 Å². The van der Waals surface area contributed by atoms with Crippen LogP contribution in [0.3, 0.4) is 0 Å². The quantitative estimate of drug-likeness (QED) is 0.437. The molecule has 0 radical (unpaired) electrons. The molecule has 0 aromatic heterocycles. The third-order valence-electron chi connectivity index (χ3n) is 2.17. The second-order valence-corrected chi connectivity index (χ2v) is 5.17. The summed E-state index contributed by atoms with van der Waals surface area (Å²) in [5.41, 5.74) is 0.688. The van der Waals surface area contributed by atoms with Crippen LogP contribution in [-0.2, 0) is 0 Å². The van der Waals surface area contributed by atoms with Gasteiger partial charge in [0, 0.05) is 31.0 Å². The predicted octanol–water partition coefficient (Wildman–Crippen LogP) is 2.78. The second kappa shape index (κ2) is 8.18. The van der Waals surface area contributed by atoms with E-state index in [1.165, 1.54) is 12.1 Å². The fourth-order valence-electron chi connectivity index (χ4n) is 1.29. The Hall–Kier alpha value is -0.980. The van der Waals surface area contributed by atoms with Crippen molar-refractivity contribution >= 4 is 34.7 Å². The third kappa shape index (κ3) is 5.12. The summed E-state index contributed by atoms with van der Waals surface area (Å²) in [6, 6.07) is 4.37. The largest absolute Gasteiger partial charge is 0.396 e. The first kappa shape index (κ1) is 15.1. The van der Waals surface area contributed by atoms with Crippen molar-refractivity contribution < 1.29 is 10.0 Å². The van der Waals surface area contributed by atoms with Gasteiger partial charge in [-0.2, -0.15) is 11.8 Å². The van der Waals surface area contributed by atoms with Crippen molar-refractivity contribution in [2.24, 2.45) is 0 Å². The number of thioether (sulfide) groups is 1. The molecule has 0 unspecified atom stereocenters. The molecule has 0 aliphatic carbocycles. The maximum atomic E-state index is 10.5. The van der Waals surface area contributed by atoms with Gasteiger partial charge in [0.1, 0.15) is 0 Å². The first-order valence-electron chi connectivity index (χ1n) is 5.51. The zero-order valence-electron chi connectivity index (χ0n) is 9.76. The topological polar surface area (TPSA) is 75.4 Å². The maximum Gasteiger partial charge on any atom is 0.271 e. The molecule has 1 rings (SSSR count). The van der Waals surface area contributed by atoms with Crippen molar-refractivity contribution in [2.75, 3.05) is 30.0 Å². The number of hydrogen-bond donors (Lipinski definition) is 2. The lowest BCUT2D eigenvalue weighted by molar-refractivity contribution is -0.384. The number of nitro benzene ring substituents is 1. The lowest BCUT2D eigenvalue weighted by Crippen LogP contribution is -2.05. The second-order valence-electron chi connectivity index (χ2n) is 3.54. The Bertz CT molecular complexity index is 404.